The van der Waals surface area contributed by atoms with Gasteiger partial charge in [-0.15, -0.1) is 0 Å². The van der Waals surface area contributed by atoms with E-state index in [9.17, 15) is 0 Å². The second-order valence-corrected chi connectivity index (χ2v) is 7.06. The zero-order valence-electron chi connectivity index (χ0n) is 11.3. The molecule has 0 spiro atoms. The summed E-state index contributed by atoms with van der Waals surface area (Å²) in [5.41, 5.74) is 1.08. The number of hydrogen-bond acceptors (Lipinski definition) is 3. The zero-order chi connectivity index (χ0) is 13.7. The highest BCUT2D eigenvalue weighted by atomic mass is 79.9. The number of nitrogens with one attached hydrogen (secondary N) is 1. The summed E-state index contributed by atoms with van der Waals surface area (Å²) in [4.78, 5) is 6.83. The first-order valence-corrected chi connectivity index (χ1v) is 8.43. The minimum atomic E-state index is 0.834. The average Bonchev–Trinajstić information content (AvgIpc) is 2.39. The molecule has 5 heteroatoms. The van der Waals surface area contributed by atoms with Crippen molar-refractivity contribution >= 4 is 31.9 Å². The van der Waals surface area contributed by atoms with E-state index in [1.807, 2.05) is 12.3 Å². The standard InChI is InChI=1S/C14H21Br2N3/c1-19-6-3-11(4-7-19)2-5-17-10-14-13(16)8-12(15)9-18-14/h8-9,11,17H,2-7,10H2,1H3. The third-order valence-corrected chi connectivity index (χ3v) is 4.86. The van der Waals surface area contributed by atoms with Crippen molar-refractivity contribution in [3.8, 4) is 0 Å². The van der Waals surface area contributed by atoms with Crippen molar-refractivity contribution in [2.24, 2.45) is 5.92 Å². The summed E-state index contributed by atoms with van der Waals surface area (Å²) in [6.07, 6.45) is 5.82. The lowest BCUT2D eigenvalue weighted by Crippen LogP contribution is -2.31. The van der Waals surface area contributed by atoms with Crippen molar-refractivity contribution < 1.29 is 0 Å². The average molecular weight is 391 g/mol. The Morgan fingerprint density at radius 1 is 1.37 bits per heavy atom. The summed E-state index contributed by atoms with van der Waals surface area (Å²) in [6, 6.07) is 2.04. The molecule has 0 aliphatic carbocycles. The van der Waals surface area contributed by atoms with E-state index in [1.165, 1.54) is 32.4 Å². The number of nitrogens with zero attached hydrogens (tertiary/aromatic N) is 2. The van der Waals surface area contributed by atoms with Crippen LogP contribution in [0, 0.1) is 5.92 Å². The Kier molecular flexibility index (Phi) is 6.26. The van der Waals surface area contributed by atoms with E-state index in [-0.39, 0.29) is 0 Å². The normalized spacial score (nSPS) is 17.8. The molecular weight excluding hydrogens is 370 g/mol. The highest BCUT2D eigenvalue weighted by Gasteiger charge is 2.15. The van der Waals surface area contributed by atoms with Crippen molar-refractivity contribution in [1.82, 2.24) is 15.2 Å². The molecule has 0 amide bonds. The van der Waals surface area contributed by atoms with Crippen LogP contribution in [0.25, 0.3) is 0 Å². The smallest absolute Gasteiger partial charge is 0.0684 e. The van der Waals surface area contributed by atoms with Crippen molar-refractivity contribution in [2.75, 3.05) is 26.7 Å². The van der Waals surface area contributed by atoms with Crippen molar-refractivity contribution in [1.29, 1.82) is 0 Å². The fourth-order valence-electron chi connectivity index (χ4n) is 2.44. The Morgan fingerprint density at radius 3 is 2.79 bits per heavy atom. The van der Waals surface area contributed by atoms with Gasteiger partial charge in [0.1, 0.15) is 0 Å². The zero-order valence-corrected chi connectivity index (χ0v) is 14.5. The van der Waals surface area contributed by atoms with Gasteiger partial charge in [0.15, 0.2) is 0 Å². The van der Waals surface area contributed by atoms with Gasteiger partial charge >= 0.3 is 0 Å². The van der Waals surface area contributed by atoms with Crippen LogP contribution < -0.4 is 5.32 Å². The maximum atomic E-state index is 4.41. The van der Waals surface area contributed by atoms with Gasteiger partial charge in [-0.3, -0.25) is 4.98 Å². The Labute approximate surface area is 132 Å². The van der Waals surface area contributed by atoms with Crippen LogP contribution in [0.5, 0.6) is 0 Å². The first-order chi connectivity index (χ1) is 9.15. The summed E-state index contributed by atoms with van der Waals surface area (Å²) in [5, 5.41) is 3.50. The number of piperidine rings is 1. The molecule has 19 heavy (non-hydrogen) atoms. The lowest BCUT2D eigenvalue weighted by Gasteiger charge is -2.28. The van der Waals surface area contributed by atoms with Gasteiger partial charge in [-0.1, -0.05) is 0 Å². The number of pyridine rings is 1. The highest BCUT2D eigenvalue weighted by Crippen LogP contribution is 2.20. The number of halogens is 2. The molecule has 1 N–H and O–H groups in total. The van der Waals surface area contributed by atoms with Gasteiger partial charge in [0, 0.05) is 21.7 Å². The minimum absolute atomic E-state index is 0.834. The maximum Gasteiger partial charge on any atom is 0.0684 e. The van der Waals surface area contributed by atoms with E-state index in [1.54, 1.807) is 0 Å². The van der Waals surface area contributed by atoms with Crippen LogP contribution in [-0.4, -0.2) is 36.6 Å². The quantitative estimate of drug-likeness (QED) is 0.780. The lowest BCUT2D eigenvalue weighted by molar-refractivity contribution is 0.211. The van der Waals surface area contributed by atoms with Crippen LogP contribution in [0.1, 0.15) is 25.0 Å². The predicted molar refractivity (Wildman–Crippen MR) is 86.2 cm³/mol. The molecule has 0 radical (unpaired) electrons. The molecule has 1 aromatic rings. The molecule has 1 aromatic heterocycles. The Balaban J connectivity index is 1.66. The van der Waals surface area contributed by atoms with Crippen molar-refractivity contribution in [3.63, 3.8) is 0 Å². The van der Waals surface area contributed by atoms with Crippen LogP contribution in [-0.2, 0) is 6.54 Å². The van der Waals surface area contributed by atoms with Gasteiger partial charge in [-0.05, 0) is 89.8 Å². The summed E-state index contributed by atoms with van der Waals surface area (Å²) < 4.78 is 2.07. The molecule has 0 unspecified atom stereocenters. The fraction of sp³-hybridized carbons (Fsp3) is 0.643. The van der Waals surface area contributed by atoms with Crippen LogP contribution in [0.15, 0.2) is 21.2 Å². The maximum absolute atomic E-state index is 4.41. The predicted octanol–water partition coefficient (Wildman–Crippen LogP) is 3.43. The molecule has 0 saturated carbocycles. The largest absolute Gasteiger partial charge is 0.311 e. The SMILES string of the molecule is CN1CCC(CCNCc2ncc(Br)cc2Br)CC1. The van der Waals surface area contributed by atoms with Gasteiger partial charge in [0.25, 0.3) is 0 Å². The Hall–Kier alpha value is 0.0300. The minimum Gasteiger partial charge on any atom is -0.311 e. The number of aromatic nitrogens is 1. The molecule has 1 aliphatic heterocycles. The molecule has 0 atom stereocenters. The molecule has 1 saturated heterocycles. The van der Waals surface area contributed by atoms with Crippen molar-refractivity contribution in [2.45, 2.75) is 25.8 Å². The van der Waals surface area contributed by atoms with Crippen molar-refractivity contribution in [3.05, 3.63) is 26.9 Å². The summed E-state index contributed by atoms with van der Waals surface area (Å²) in [5.74, 6) is 0.894. The van der Waals surface area contributed by atoms with E-state index in [0.717, 1.165) is 33.6 Å². The highest BCUT2D eigenvalue weighted by molar-refractivity contribution is 9.11. The molecular formula is C14H21Br2N3. The second kappa shape index (κ2) is 7.72. The molecule has 2 rings (SSSR count). The monoisotopic (exact) mass is 389 g/mol. The topological polar surface area (TPSA) is 28.2 Å². The Bertz CT molecular complexity index is 404. The molecule has 0 bridgehead atoms. The van der Waals surface area contributed by atoms with E-state index in [4.69, 9.17) is 0 Å². The number of likely N-dealkylation sites (tertiary alicyclic amines) is 1. The summed E-state index contributed by atoms with van der Waals surface area (Å²) in [7, 11) is 2.21. The lowest BCUT2D eigenvalue weighted by atomic mass is 9.94. The molecule has 1 aliphatic rings. The van der Waals surface area contributed by atoms with Crippen LogP contribution in [0.3, 0.4) is 0 Å². The van der Waals surface area contributed by atoms with Gasteiger partial charge in [-0.25, -0.2) is 0 Å². The molecule has 1 fully saturated rings. The summed E-state index contributed by atoms with van der Waals surface area (Å²) >= 11 is 6.96. The summed E-state index contributed by atoms with van der Waals surface area (Å²) in [6.45, 7) is 4.42. The van der Waals surface area contributed by atoms with E-state index < -0.39 is 0 Å². The van der Waals surface area contributed by atoms with E-state index >= 15 is 0 Å². The number of rotatable bonds is 5. The molecule has 0 aromatic carbocycles. The van der Waals surface area contributed by atoms with Gasteiger partial charge in [0.05, 0.1) is 5.69 Å². The molecule has 2 heterocycles. The van der Waals surface area contributed by atoms with Gasteiger partial charge < -0.3 is 10.2 Å². The number of hydrogen-bond donors (Lipinski definition) is 1. The fourth-order valence-corrected chi connectivity index (χ4v) is 3.56. The third kappa shape index (κ3) is 5.14. The van der Waals surface area contributed by atoms with E-state index in [2.05, 4.69) is 54.1 Å². The van der Waals surface area contributed by atoms with Gasteiger partial charge in [-0.2, -0.15) is 0 Å². The van der Waals surface area contributed by atoms with Crippen LogP contribution >= 0.6 is 31.9 Å². The first-order valence-electron chi connectivity index (χ1n) is 6.84. The van der Waals surface area contributed by atoms with Crippen LogP contribution in [0.2, 0.25) is 0 Å². The molecule has 106 valence electrons. The van der Waals surface area contributed by atoms with E-state index in [0.29, 0.717) is 0 Å². The molecule has 3 nitrogen and oxygen atoms in total. The van der Waals surface area contributed by atoms with Crippen LogP contribution in [0.4, 0.5) is 0 Å². The second-order valence-electron chi connectivity index (χ2n) is 5.29. The first kappa shape index (κ1) is 15.4. The third-order valence-electron chi connectivity index (χ3n) is 3.74. The Morgan fingerprint density at radius 2 is 2.11 bits per heavy atom. The van der Waals surface area contributed by atoms with Gasteiger partial charge in [0.2, 0.25) is 0 Å².